The minimum atomic E-state index is -4.68. The predicted molar refractivity (Wildman–Crippen MR) is 114 cm³/mol. The zero-order valence-corrected chi connectivity index (χ0v) is 18.7. The molecule has 0 amide bonds. The maximum atomic E-state index is 13.7. The summed E-state index contributed by atoms with van der Waals surface area (Å²) in [5, 5.41) is 38.1. The van der Waals surface area contributed by atoms with Gasteiger partial charge in [-0.2, -0.15) is 18.3 Å². The van der Waals surface area contributed by atoms with Gasteiger partial charge in [0.15, 0.2) is 17.9 Å². The van der Waals surface area contributed by atoms with E-state index in [4.69, 9.17) is 4.74 Å². The number of anilines is 2. The topological polar surface area (TPSA) is 119 Å². The van der Waals surface area contributed by atoms with Crippen molar-refractivity contribution in [3.63, 3.8) is 0 Å². The first-order chi connectivity index (χ1) is 15.6. The fourth-order valence-corrected chi connectivity index (χ4v) is 4.80. The van der Waals surface area contributed by atoms with Gasteiger partial charge in [0.2, 0.25) is 5.88 Å². The molecule has 4 atom stereocenters. The lowest BCUT2D eigenvalue weighted by Crippen LogP contribution is -2.45. The molecule has 0 saturated carbocycles. The molecule has 2 aliphatic heterocycles. The molecule has 33 heavy (non-hydrogen) atoms. The van der Waals surface area contributed by atoms with Gasteiger partial charge in [0, 0.05) is 42.2 Å². The lowest BCUT2D eigenvalue weighted by atomic mass is 9.80. The number of aliphatic hydroxyl groups excluding tert-OH is 2. The molecule has 4 rings (SSSR count). The van der Waals surface area contributed by atoms with Gasteiger partial charge < -0.3 is 25.2 Å². The first-order valence-electron chi connectivity index (χ1n) is 11.1. The van der Waals surface area contributed by atoms with Crippen LogP contribution in [0.1, 0.15) is 56.7 Å². The van der Waals surface area contributed by atoms with Crippen molar-refractivity contribution >= 4 is 11.6 Å². The van der Waals surface area contributed by atoms with Crippen molar-refractivity contribution in [3.8, 4) is 5.88 Å². The number of ether oxygens (including phenoxy) is 1. The van der Waals surface area contributed by atoms with E-state index in [1.165, 1.54) is 6.92 Å². The smallest absolute Gasteiger partial charge is 0.395 e. The number of halogens is 3. The number of piperidine rings is 1. The minimum absolute atomic E-state index is 0.00137. The van der Waals surface area contributed by atoms with Gasteiger partial charge >= 0.3 is 6.18 Å². The second-order valence-corrected chi connectivity index (χ2v) is 8.99. The Morgan fingerprint density at radius 3 is 2.42 bits per heavy atom. The summed E-state index contributed by atoms with van der Waals surface area (Å²) in [6, 6.07) is 3.61. The lowest BCUT2D eigenvalue weighted by Gasteiger charge is -2.34. The van der Waals surface area contributed by atoms with Crippen molar-refractivity contribution < 1.29 is 28.1 Å². The van der Waals surface area contributed by atoms with Crippen molar-refractivity contribution in [1.82, 2.24) is 20.4 Å². The fraction of sp³-hybridized carbons (Fsp3) is 0.667. The van der Waals surface area contributed by atoms with Crippen LogP contribution in [0.15, 0.2) is 12.1 Å². The molecule has 9 nitrogen and oxygen atoms in total. The Bertz CT molecular complexity index is 944. The number of nitrogens with one attached hydrogen (secondary N) is 2. The van der Waals surface area contributed by atoms with Gasteiger partial charge in [0.25, 0.3) is 0 Å². The van der Waals surface area contributed by atoms with Crippen LogP contribution in [-0.4, -0.2) is 68.3 Å². The summed E-state index contributed by atoms with van der Waals surface area (Å²) in [6.07, 6.45) is -7.08. The van der Waals surface area contributed by atoms with Crippen LogP contribution in [0.25, 0.3) is 0 Å². The summed E-state index contributed by atoms with van der Waals surface area (Å²) in [5.41, 5.74) is 0.994. The molecular weight excluding hydrogens is 441 g/mol. The van der Waals surface area contributed by atoms with Gasteiger partial charge in [-0.15, -0.1) is 10.2 Å². The highest BCUT2D eigenvalue weighted by Gasteiger charge is 2.53. The molecule has 2 aromatic rings. The number of alkyl halides is 3. The predicted octanol–water partition coefficient (Wildman–Crippen LogP) is 2.76. The number of hydrogen-bond acceptors (Lipinski definition) is 8. The molecule has 182 valence electrons. The third-order valence-corrected chi connectivity index (χ3v) is 6.39. The molecule has 0 aliphatic carbocycles. The minimum Gasteiger partial charge on any atom is -0.474 e. The number of aliphatic hydroxyl groups is 2. The van der Waals surface area contributed by atoms with Crippen molar-refractivity contribution in [1.29, 1.82) is 0 Å². The summed E-state index contributed by atoms with van der Waals surface area (Å²) >= 11 is 0. The first-order valence-corrected chi connectivity index (χ1v) is 11.1. The Morgan fingerprint density at radius 1 is 1.15 bits per heavy atom. The van der Waals surface area contributed by atoms with Crippen LogP contribution >= 0.6 is 0 Å². The van der Waals surface area contributed by atoms with Crippen molar-refractivity contribution in [2.75, 3.05) is 23.3 Å². The Morgan fingerprint density at radius 2 is 1.85 bits per heavy atom. The Kier molecular flexibility index (Phi) is 6.41. The molecule has 12 heteroatoms. The maximum Gasteiger partial charge on any atom is 0.395 e. The Balaban J connectivity index is 1.50. The van der Waals surface area contributed by atoms with E-state index in [0.717, 1.165) is 0 Å². The fourth-order valence-electron chi connectivity index (χ4n) is 4.80. The molecule has 2 aromatic heterocycles. The van der Waals surface area contributed by atoms with Crippen LogP contribution in [-0.2, 0) is 0 Å². The molecule has 4 N–H and O–H groups in total. The van der Waals surface area contributed by atoms with Crippen LogP contribution in [0.4, 0.5) is 24.8 Å². The SMILES string of the molecule is CC(C)Oc1ccc(N2CCC(c3[nH]nc4c3[C@H](C)[C@@H](C(F)(F)F)[C@@H](O)C(O)N4)CC2)nn1. The normalized spacial score (nSPS) is 26.6. The summed E-state index contributed by atoms with van der Waals surface area (Å²) < 4.78 is 46.8. The molecule has 2 aliphatic rings. The second-order valence-electron chi connectivity index (χ2n) is 8.99. The highest BCUT2D eigenvalue weighted by molar-refractivity contribution is 5.52. The number of fused-ring (bicyclic) bond motifs is 1. The van der Waals surface area contributed by atoms with Crippen LogP contribution < -0.4 is 15.0 Å². The standard InChI is InChI=1S/C21H29F3N6O3/c1-10(2)33-14-5-4-13(26-27-14)30-8-6-12(7-9-30)17-15-11(3)16(21(22,23)24)18(31)20(32)25-19(15)29-28-17/h4-5,10-12,16,18,20,31-32H,6-9H2,1-3H3,(H2,25,28,29)/t11-,16+,18+,20?/m0/s1. The van der Waals surface area contributed by atoms with E-state index in [1.807, 2.05) is 19.9 Å². The number of rotatable bonds is 4. The van der Waals surface area contributed by atoms with Gasteiger partial charge in [0.05, 0.1) is 12.0 Å². The van der Waals surface area contributed by atoms with E-state index < -0.39 is 30.3 Å². The van der Waals surface area contributed by atoms with E-state index in [9.17, 15) is 23.4 Å². The second kappa shape index (κ2) is 8.98. The van der Waals surface area contributed by atoms with E-state index in [-0.39, 0.29) is 17.8 Å². The summed E-state index contributed by atoms with van der Waals surface area (Å²) in [5.74, 6) is -1.91. The average molecular weight is 470 g/mol. The van der Waals surface area contributed by atoms with Crippen molar-refractivity contribution in [2.45, 2.75) is 70.1 Å². The van der Waals surface area contributed by atoms with Crippen LogP contribution in [0, 0.1) is 5.92 Å². The molecule has 1 saturated heterocycles. The number of aromatic amines is 1. The third kappa shape index (κ3) is 4.72. The molecule has 1 unspecified atom stereocenters. The van der Waals surface area contributed by atoms with E-state index >= 15 is 0 Å². The number of aromatic nitrogens is 4. The Hall–Kier alpha value is -2.60. The Labute approximate surface area is 189 Å². The number of H-pyrrole nitrogens is 1. The molecule has 0 radical (unpaired) electrons. The lowest BCUT2D eigenvalue weighted by molar-refractivity contribution is -0.215. The van der Waals surface area contributed by atoms with Gasteiger partial charge in [0.1, 0.15) is 6.10 Å². The average Bonchev–Trinajstić information content (AvgIpc) is 3.12. The zero-order chi connectivity index (χ0) is 23.9. The van der Waals surface area contributed by atoms with Gasteiger partial charge in [-0.05, 0) is 32.8 Å². The van der Waals surface area contributed by atoms with Crippen LogP contribution in [0.3, 0.4) is 0 Å². The van der Waals surface area contributed by atoms with Gasteiger partial charge in [-0.1, -0.05) is 6.92 Å². The molecule has 0 spiro atoms. The molecular formula is C21H29F3N6O3. The van der Waals surface area contributed by atoms with Crippen molar-refractivity contribution in [3.05, 3.63) is 23.4 Å². The van der Waals surface area contributed by atoms with Crippen molar-refractivity contribution in [2.24, 2.45) is 5.92 Å². The van der Waals surface area contributed by atoms with Gasteiger partial charge in [-0.3, -0.25) is 5.10 Å². The van der Waals surface area contributed by atoms with Crippen LogP contribution in [0.5, 0.6) is 5.88 Å². The quantitative estimate of drug-likeness (QED) is 0.539. The molecule has 0 bridgehead atoms. The summed E-state index contributed by atoms with van der Waals surface area (Å²) in [6.45, 7) is 6.53. The van der Waals surface area contributed by atoms with E-state index in [0.29, 0.717) is 48.9 Å². The maximum absolute atomic E-state index is 13.7. The van der Waals surface area contributed by atoms with Gasteiger partial charge in [-0.25, -0.2) is 0 Å². The highest BCUT2D eigenvalue weighted by Crippen LogP contribution is 2.47. The summed E-state index contributed by atoms with van der Waals surface area (Å²) in [4.78, 5) is 2.07. The number of hydrogen-bond donors (Lipinski definition) is 4. The van der Waals surface area contributed by atoms with E-state index in [1.54, 1.807) is 6.07 Å². The monoisotopic (exact) mass is 470 g/mol. The summed E-state index contributed by atoms with van der Waals surface area (Å²) in [7, 11) is 0. The third-order valence-electron chi connectivity index (χ3n) is 6.39. The molecule has 0 aromatic carbocycles. The highest BCUT2D eigenvalue weighted by atomic mass is 19.4. The zero-order valence-electron chi connectivity index (χ0n) is 18.7. The van der Waals surface area contributed by atoms with Crippen LogP contribution in [0.2, 0.25) is 0 Å². The van der Waals surface area contributed by atoms with E-state index in [2.05, 4.69) is 30.6 Å². The first kappa shape index (κ1) is 23.6. The molecule has 4 heterocycles. The number of nitrogens with zero attached hydrogens (tertiary/aromatic N) is 4. The molecule has 1 fully saturated rings. The largest absolute Gasteiger partial charge is 0.474 e.